The molecule has 0 aliphatic heterocycles. The molecule has 0 atom stereocenters. The van der Waals surface area contributed by atoms with E-state index in [1.165, 1.54) is 24.3 Å². The molecule has 0 amide bonds. The molecule has 150 valence electrons. The van der Waals surface area contributed by atoms with Gasteiger partial charge >= 0.3 is 5.97 Å². The summed E-state index contributed by atoms with van der Waals surface area (Å²) in [4.78, 5) is 11.7. The lowest BCUT2D eigenvalue weighted by atomic mass is 9.94. The fraction of sp³-hybridized carbons (Fsp3) is 0.208. The van der Waals surface area contributed by atoms with Gasteiger partial charge in [-0.15, -0.1) is 0 Å². The quantitative estimate of drug-likeness (QED) is 0.438. The van der Waals surface area contributed by atoms with Crippen LogP contribution in [0.3, 0.4) is 0 Å². The molecule has 0 unspecified atom stereocenters. The first-order valence-corrected chi connectivity index (χ1v) is 9.55. The molecular weight excluding hydrogens is 374 g/mol. The molecule has 3 aromatic rings. The van der Waals surface area contributed by atoms with Crippen LogP contribution < -0.4 is 4.74 Å². The van der Waals surface area contributed by atoms with Gasteiger partial charge in [-0.3, -0.25) is 0 Å². The fourth-order valence-corrected chi connectivity index (χ4v) is 3.13. The summed E-state index contributed by atoms with van der Waals surface area (Å²) in [5, 5.41) is 9.55. The molecule has 0 aliphatic rings. The number of carboxylic acids is 1. The van der Waals surface area contributed by atoms with Crippen LogP contribution in [0.1, 0.15) is 36.5 Å². The molecule has 0 radical (unpaired) electrons. The van der Waals surface area contributed by atoms with Crippen molar-refractivity contribution in [1.82, 2.24) is 0 Å². The Balaban J connectivity index is 1.93. The van der Waals surface area contributed by atoms with Gasteiger partial charge in [0.25, 0.3) is 0 Å². The van der Waals surface area contributed by atoms with Crippen molar-refractivity contribution < 1.29 is 23.4 Å². The zero-order valence-electron chi connectivity index (χ0n) is 16.1. The summed E-state index contributed by atoms with van der Waals surface area (Å²) in [6, 6.07) is 15.0. The molecule has 1 N–H and O–H groups in total. The van der Waals surface area contributed by atoms with Crippen LogP contribution >= 0.6 is 0 Å². The summed E-state index contributed by atoms with van der Waals surface area (Å²) < 4.78 is 33.1. The predicted octanol–water partition coefficient (Wildman–Crippen LogP) is 6.57. The Morgan fingerprint density at radius 3 is 2.28 bits per heavy atom. The predicted molar refractivity (Wildman–Crippen MR) is 109 cm³/mol. The van der Waals surface area contributed by atoms with E-state index >= 15 is 0 Å². The molecule has 0 saturated heterocycles. The van der Waals surface area contributed by atoms with Gasteiger partial charge in [-0.25, -0.2) is 13.6 Å². The highest BCUT2D eigenvalue weighted by Crippen LogP contribution is 2.32. The minimum absolute atomic E-state index is 0.105. The Bertz CT molecular complexity index is 998. The number of carboxylic acid groups (broad SMARTS) is 1. The van der Waals surface area contributed by atoms with Gasteiger partial charge in [0.2, 0.25) is 0 Å². The molecule has 0 fully saturated rings. The number of aromatic carboxylic acids is 1. The van der Waals surface area contributed by atoms with Gasteiger partial charge in [0.15, 0.2) is 0 Å². The van der Waals surface area contributed by atoms with Gasteiger partial charge in [-0.2, -0.15) is 0 Å². The summed E-state index contributed by atoms with van der Waals surface area (Å²) in [7, 11) is 0. The number of halogens is 2. The number of benzene rings is 3. The molecule has 5 heteroatoms. The second kappa shape index (κ2) is 9.32. The number of unbranched alkanes of at least 4 members (excludes halogenated alkanes) is 2. The minimum Gasteiger partial charge on any atom is -0.494 e. The number of ether oxygens (including phenoxy) is 1. The fourth-order valence-electron chi connectivity index (χ4n) is 3.13. The Kier molecular flexibility index (Phi) is 6.60. The summed E-state index contributed by atoms with van der Waals surface area (Å²) in [6.07, 6.45) is 3.20. The molecule has 0 aromatic heterocycles. The Morgan fingerprint density at radius 2 is 1.62 bits per heavy atom. The van der Waals surface area contributed by atoms with E-state index in [1.54, 1.807) is 30.3 Å². The minimum atomic E-state index is -1.08. The topological polar surface area (TPSA) is 46.5 Å². The first-order valence-electron chi connectivity index (χ1n) is 9.55. The summed E-state index contributed by atoms with van der Waals surface area (Å²) in [5.41, 5.74) is 1.92. The SMILES string of the molecule is CCCCCOc1ccc(-c2cc(-c3ccc(F)cc3F)ccc2C(=O)O)cc1. The van der Waals surface area contributed by atoms with E-state index in [9.17, 15) is 18.7 Å². The van der Waals surface area contributed by atoms with Crippen LogP contribution in [-0.2, 0) is 0 Å². The molecule has 0 saturated carbocycles. The molecule has 3 nitrogen and oxygen atoms in total. The lowest BCUT2D eigenvalue weighted by molar-refractivity contribution is 0.0697. The third-order valence-electron chi connectivity index (χ3n) is 4.67. The van der Waals surface area contributed by atoms with Crippen LogP contribution in [0.2, 0.25) is 0 Å². The lowest BCUT2D eigenvalue weighted by Gasteiger charge is -2.12. The maximum absolute atomic E-state index is 14.2. The number of hydrogen-bond donors (Lipinski definition) is 1. The third-order valence-corrected chi connectivity index (χ3v) is 4.67. The highest BCUT2D eigenvalue weighted by molar-refractivity contribution is 5.97. The van der Waals surface area contributed by atoms with Gasteiger partial charge in [0.05, 0.1) is 12.2 Å². The number of rotatable bonds is 8. The van der Waals surface area contributed by atoms with Gasteiger partial charge in [0, 0.05) is 11.6 Å². The standard InChI is InChI=1S/C24H22F2O3/c1-2-3-4-13-29-19-9-5-16(6-10-19)22-14-17(7-11-21(22)24(27)28)20-12-8-18(25)15-23(20)26/h5-12,14-15H,2-4,13H2,1H3,(H,27,28). The molecule has 0 heterocycles. The van der Waals surface area contributed by atoms with Crippen molar-refractivity contribution in [2.75, 3.05) is 6.61 Å². The van der Waals surface area contributed by atoms with E-state index in [-0.39, 0.29) is 11.1 Å². The molecule has 0 bridgehead atoms. The van der Waals surface area contributed by atoms with E-state index in [0.29, 0.717) is 29.0 Å². The zero-order chi connectivity index (χ0) is 20.8. The highest BCUT2D eigenvalue weighted by atomic mass is 19.1. The van der Waals surface area contributed by atoms with Crippen LogP contribution in [0.15, 0.2) is 60.7 Å². The number of carbonyl (C=O) groups is 1. The normalized spacial score (nSPS) is 10.7. The van der Waals surface area contributed by atoms with Gasteiger partial charge in [-0.05, 0) is 59.5 Å². The second-order valence-electron chi connectivity index (χ2n) is 6.77. The van der Waals surface area contributed by atoms with Crippen LogP contribution in [0, 0.1) is 11.6 Å². The summed E-state index contributed by atoms with van der Waals surface area (Å²) in [5.74, 6) is -1.73. The molecule has 0 aliphatic carbocycles. The van der Waals surface area contributed by atoms with Crippen LogP contribution in [0.4, 0.5) is 8.78 Å². The van der Waals surface area contributed by atoms with E-state index in [1.807, 2.05) is 0 Å². The van der Waals surface area contributed by atoms with Crippen molar-refractivity contribution in [1.29, 1.82) is 0 Å². The lowest BCUT2D eigenvalue weighted by Crippen LogP contribution is -2.01. The van der Waals surface area contributed by atoms with Crippen molar-refractivity contribution in [2.45, 2.75) is 26.2 Å². The van der Waals surface area contributed by atoms with Crippen LogP contribution in [-0.4, -0.2) is 17.7 Å². The molecule has 3 rings (SSSR count). The smallest absolute Gasteiger partial charge is 0.336 e. The monoisotopic (exact) mass is 396 g/mol. The highest BCUT2D eigenvalue weighted by Gasteiger charge is 2.15. The Labute approximate surface area is 168 Å². The average Bonchev–Trinajstić information content (AvgIpc) is 2.71. The zero-order valence-corrected chi connectivity index (χ0v) is 16.1. The van der Waals surface area contributed by atoms with Crippen molar-refractivity contribution in [3.05, 3.63) is 77.9 Å². The summed E-state index contributed by atoms with van der Waals surface area (Å²) in [6.45, 7) is 2.76. The first kappa shape index (κ1) is 20.5. The van der Waals surface area contributed by atoms with Crippen molar-refractivity contribution >= 4 is 5.97 Å². The van der Waals surface area contributed by atoms with E-state index in [2.05, 4.69) is 6.92 Å². The average molecular weight is 396 g/mol. The van der Waals surface area contributed by atoms with Crippen LogP contribution in [0.5, 0.6) is 5.75 Å². The third kappa shape index (κ3) is 4.99. The number of hydrogen-bond acceptors (Lipinski definition) is 2. The van der Waals surface area contributed by atoms with E-state index in [0.717, 1.165) is 25.3 Å². The van der Waals surface area contributed by atoms with E-state index in [4.69, 9.17) is 4.74 Å². The first-order chi connectivity index (χ1) is 14.0. The Morgan fingerprint density at radius 1 is 0.897 bits per heavy atom. The second-order valence-corrected chi connectivity index (χ2v) is 6.77. The summed E-state index contributed by atoms with van der Waals surface area (Å²) >= 11 is 0. The molecule has 3 aromatic carbocycles. The Hall–Kier alpha value is -3.21. The van der Waals surface area contributed by atoms with Crippen molar-refractivity contribution in [2.24, 2.45) is 0 Å². The van der Waals surface area contributed by atoms with Gasteiger partial charge in [-0.1, -0.05) is 38.0 Å². The maximum atomic E-state index is 14.2. The molecule has 0 spiro atoms. The molecule has 29 heavy (non-hydrogen) atoms. The maximum Gasteiger partial charge on any atom is 0.336 e. The molecular formula is C24H22F2O3. The largest absolute Gasteiger partial charge is 0.494 e. The van der Waals surface area contributed by atoms with Gasteiger partial charge < -0.3 is 9.84 Å². The van der Waals surface area contributed by atoms with Crippen molar-refractivity contribution in [3.8, 4) is 28.0 Å². The van der Waals surface area contributed by atoms with Crippen molar-refractivity contribution in [3.63, 3.8) is 0 Å². The van der Waals surface area contributed by atoms with E-state index < -0.39 is 17.6 Å². The van der Waals surface area contributed by atoms with Gasteiger partial charge in [0.1, 0.15) is 17.4 Å². The van der Waals surface area contributed by atoms with Crippen LogP contribution in [0.25, 0.3) is 22.3 Å².